The van der Waals surface area contributed by atoms with Crippen molar-refractivity contribution < 1.29 is 9.53 Å². The minimum absolute atomic E-state index is 0.362. The van der Waals surface area contributed by atoms with Crippen LogP contribution < -0.4 is 15.4 Å². The highest BCUT2D eigenvalue weighted by Crippen LogP contribution is 2.33. The maximum atomic E-state index is 12.1. The number of amidine groups is 1. The predicted molar refractivity (Wildman–Crippen MR) is 104 cm³/mol. The number of benzene rings is 2. The van der Waals surface area contributed by atoms with Gasteiger partial charge in [0.05, 0.1) is 12.8 Å². The van der Waals surface area contributed by atoms with E-state index in [-0.39, 0.29) is 6.03 Å². The number of carbonyl (C=O) groups excluding carboxylic acids is 1. The van der Waals surface area contributed by atoms with Crippen molar-refractivity contribution in [1.29, 1.82) is 0 Å². The Morgan fingerprint density at radius 1 is 1.04 bits per heavy atom. The Morgan fingerprint density at radius 3 is 2.35 bits per heavy atom. The number of hydrogen-bond acceptors (Lipinski definition) is 4. The van der Waals surface area contributed by atoms with Crippen LogP contribution in [0.15, 0.2) is 64.8 Å². The Morgan fingerprint density at radius 2 is 1.73 bits per heavy atom. The molecule has 1 aliphatic carbocycles. The number of rotatable bonds is 5. The molecule has 134 valence electrons. The minimum atomic E-state index is -0.362. The van der Waals surface area contributed by atoms with Gasteiger partial charge in [-0.15, -0.1) is 5.10 Å². The number of hydrogen-bond donors (Lipinski definition) is 2. The van der Waals surface area contributed by atoms with Crippen LogP contribution in [0.3, 0.4) is 0 Å². The van der Waals surface area contributed by atoms with Gasteiger partial charge in [0.1, 0.15) is 11.6 Å². The van der Waals surface area contributed by atoms with Gasteiger partial charge in [-0.2, -0.15) is 5.10 Å². The fourth-order valence-corrected chi connectivity index (χ4v) is 2.50. The van der Waals surface area contributed by atoms with Crippen LogP contribution in [0.25, 0.3) is 0 Å². The summed E-state index contributed by atoms with van der Waals surface area (Å²) in [5.41, 5.74) is 2.72. The van der Waals surface area contributed by atoms with Crippen LogP contribution in [0.2, 0.25) is 0 Å². The number of ether oxygens (including phenoxy) is 1. The molecule has 0 aromatic heterocycles. The highest BCUT2D eigenvalue weighted by molar-refractivity contribution is 6.05. The first kappa shape index (κ1) is 17.7. The molecule has 6 nitrogen and oxygen atoms in total. The Labute approximate surface area is 153 Å². The quantitative estimate of drug-likeness (QED) is 0.485. The van der Waals surface area contributed by atoms with E-state index in [1.165, 1.54) is 0 Å². The first-order valence-corrected chi connectivity index (χ1v) is 8.55. The molecule has 2 N–H and O–H groups in total. The summed E-state index contributed by atoms with van der Waals surface area (Å²) in [6.45, 7) is 1.71. The molecule has 0 saturated heterocycles. The zero-order chi connectivity index (χ0) is 18.4. The second kappa shape index (κ2) is 8.29. The van der Waals surface area contributed by atoms with Crippen LogP contribution in [0, 0.1) is 5.92 Å². The number of nitrogens with zero attached hydrogens (tertiary/aromatic N) is 2. The second-order valence-electron chi connectivity index (χ2n) is 6.12. The summed E-state index contributed by atoms with van der Waals surface area (Å²) in [5.74, 6) is 1.63. The SMILES string of the molecule is COc1ccc(NC(=O)N/C(C)=N/N=C(\c2ccccc2)C2CC2)cc1. The molecule has 2 amide bonds. The van der Waals surface area contributed by atoms with Gasteiger partial charge in [-0.3, -0.25) is 5.32 Å². The molecule has 3 rings (SSSR count). The van der Waals surface area contributed by atoms with E-state index in [9.17, 15) is 4.79 Å². The lowest BCUT2D eigenvalue weighted by atomic mass is 10.1. The first-order valence-electron chi connectivity index (χ1n) is 8.55. The molecular formula is C20H22N4O2. The first-order chi connectivity index (χ1) is 12.7. The van der Waals surface area contributed by atoms with Gasteiger partial charge in [0.15, 0.2) is 0 Å². The average molecular weight is 350 g/mol. The smallest absolute Gasteiger partial charge is 0.324 e. The molecule has 0 radical (unpaired) electrons. The third-order valence-electron chi connectivity index (χ3n) is 3.98. The van der Waals surface area contributed by atoms with E-state index in [4.69, 9.17) is 4.74 Å². The lowest BCUT2D eigenvalue weighted by Crippen LogP contribution is -2.32. The Hall–Kier alpha value is -3.15. The molecule has 0 unspecified atom stereocenters. The van der Waals surface area contributed by atoms with E-state index in [1.54, 1.807) is 38.3 Å². The van der Waals surface area contributed by atoms with Gasteiger partial charge in [0, 0.05) is 11.6 Å². The van der Waals surface area contributed by atoms with Crippen molar-refractivity contribution in [3.8, 4) is 5.75 Å². The van der Waals surface area contributed by atoms with E-state index in [0.29, 0.717) is 17.4 Å². The van der Waals surface area contributed by atoms with E-state index in [2.05, 4.69) is 20.8 Å². The van der Waals surface area contributed by atoms with Crippen molar-refractivity contribution in [1.82, 2.24) is 5.32 Å². The molecule has 2 aromatic rings. The molecule has 6 heteroatoms. The summed E-state index contributed by atoms with van der Waals surface area (Å²) in [4.78, 5) is 12.1. The molecule has 2 aromatic carbocycles. The lowest BCUT2D eigenvalue weighted by Gasteiger charge is -2.07. The summed E-state index contributed by atoms with van der Waals surface area (Å²) in [7, 11) is 1.60. The molecular weight excluding hydrogens is 328 g/mol. The number of carbonyl (C=O) groups is 1. The van der Waals surface area contributed by atoms with E-state index in [1.807, 2.05) is 30.3 Å². The van der Waals surface area contributed by atoms with Crippen molar-refractivity contribution in [3.05, 3.63) is 60.2 Å². The number of anilines is 1. The summed E-state index contributed by atoms with van der Waals surface area (Å²) >= 11 is 0. The molecule has 26 heavy (non-hydrogen) atoms. The van der Waals surface area contributed by atoms with Crippen molar-refractivity contribution in [3.63, 3.8) is 0 Å². The van der Waals surface area contributed by atoms with Gasteiger partial charge < -0.3 is 10.1 Å². The third-order valence-corrected chi connectivity index (χ3v) is 3.98. The van der Waals surface area contributed by atoms with E-state index in [0.717, 1.165) is 29.9 Å². The fourth-order valence-electron chi connectivity index (χ4n) is 2.50. The molecule has 0 spiro atoms. The van der Waals surface area contributed by atoms with Gasteiger partial charge in [-0.25, -0.2) is 4.79 Å². The second-order valence-corrected chi connectivity index (χ2v) is 6.12. The topological polar surface area (TPSA) is 75.1 Å². The van der Waals surface area contributed by atoms with E-state index < -0.39 is 0 Å². The molecule has 1 fully saturated rings. The summed E-state index contributed by atoms with van der Waals surface area (Å²) in [5, 5.41) is 14.0. The Kier molecular flexibility index (Phi) is 5.63. The predicted octanol–water partition coefficient (Wildman–Crippen LogP) is 4.05. The van der Waals surface area contributed by atoms with Crippen LogP contribution in [0.5, 0.6) is 5.75 Å². The maximum Gasteiger partial charge on any atom is 0.324 e. The average Bonchev–Trinajstić information content (AvgIpc) is 3.48. The zero-order valence-corrected chi connectivity index (χ0v) is 14.9. The van der Waals surface area contributed by atoms with Crippen LogP contribution in [-0.2, 0) is 0 Å². The Bertz CT molecular complexity index is 809. The van der Waals surface area contributed by atoms with Gasteiger partial charge in [-0.1, -0.05) is 30.3 Å². The van der Waals surface area contributed by atoms with Crippen LogP contribution in [0.4, 0.5) is 10.5 Å². The van der Waals surface area contributed by atoms with Gasteiger partial charge in [0.2, 0.25) is 0 Å². The normalized spacial score (nSPS) is 14.7. The molecule has 0 bridgehead atoms. The van der Waals surface area contributed by atoms with Crippen molar-refractivity contribution in [2.45, 2.75) is 19.8 Å². The monoisotopic (exact) mass is 350 g/mol. The molecule has 0 heterocycles. The molecule has 1 aliphatic rings. The molecule has 1 saturated carbocycles. The summed E-state index contributed by atoms with van der Waals surface area (Å²) in [6, 6.07) is 16.8. The van der Waals surface area contributed by atoms with E-state index >= 15 is 0 Å². The summed E-state index contributed by atoms with van der Waals surface area (Å²) < 4.78 is 5.09. The highest BCUT2D eigenvalue weighted by atomic mass is 16.5. The number of amides is 2. The number of urea groups is 1. The van der Waals surface area contributed by atoms with Crippen molar-refractivity contribution in [2.75, 3.05) is 12.4 Å². The lowest BCUT2D eigenvalue weighted by molar-refractivity contribution is 0.256. The molecule has 0 aliphatic heterocycles. The number of nitrogens with one attached hydrogen (secondary N) is 2. The standard InChI is InChI=1S/C20H22N4O2/c1-14(21-20(25)22-17-10-12-18(26-2)13-11-17)23-24-19(16-8-9-16)15-6-4-3-5-7-15/h3-7,10-13,16H,8-9H2,1-2H3,(H2,21,22,23,25)/b24-19+. The third kappa shape index (κ3) is 4.92. The Balaban J connectivity index is 1.62. The maximum absolute atomic E-state index is 12.1. The van der Waals surface area contributed by atoms with Crippen LogP contribution in [-0.4, -0.2) is 24.7 Å². The minimum Gasteiger partial charge on any atom is -0.497 e. The van der Waals surface area contributed by atoms with Gasteiger partial charge >= 0.3 is 6.03 Å². The van der Waals surface area contributed by atoms with Crippen LogP contribution >= 0.6 is 0 Å². The zero-order valence-electron chi connectivity index (χ0n) is 14.9. The van der Waals surface area contributed by atoms with Crippen molar-refractivity contribution in [2.24, 2.45) is 16.1 Å². The van der Waals surface area contributed by atoms with Gasteiger partial charge in [0.25, 0.3) is 0 Å². The van der Waals surface area contributed by atoms with Crippen molar-refractivity contribution >= 4 is 23.3 Å². The number of methoxy groups -OCH3 is 1. The molecule has 0 atom stereocenters. The fraction of sp³-hybridized carbons (Fsp3) is 0.250. The summed E-state index contributed by atoms with van der Waals surface area (Å²) in [6.07, 6.45) is 2.27. The van der Waals surface area contributed by atoms with Crippen LogP contribution in [0.1, 0.15) is 25.3 Å². The highest BCUT2D eigenvalue weighted by Gasteiger charge is 2.28. The largest absolute Gasteiger partial charge is 0.497 e. The van der Waals surface area contributed by atoms with Gasteiger partial charge in [-0.05, 0) is 49.6 Å².